The van der Waals surface area contributed by atoms with E-state index in [-0.39, 0.29) is 10.6 Å². The van der Waals surface area contributed by atoms with Crippen LogP contribution in [0, 0.1) is 13.8 Å². The SMILES string of the molecule is Cc1cc(C)c([S+]([O-])CCC(F)(F)F)cc1-n1cnc(C(F)(F)F)n1. The minimum Gasteiger partial charge on any atom is -0.611 e. The first-order valence-corrected chi connectivity index (χ1v) is 8.26. The molecule has 1 aromatic heterocycles. The Morgan fingerprint density at radius 2 is 1.72 bits per heavy atom. The highest BCUT2D eigenvalue weighted by atomic mass is 32.2. The zero-order valence-electron chi connectivity index (χ0n) is 13.1. The monoisotopic (exact) mass is 385 g/mol. The van der Waals surface area contributed by atoms with Gasteiger partial charge in [-0.1, -0.05) is 0 Å². The molecule has 2 rings (SSSR count). The van der Waals surface area contributed by atoms with Crippen molar-refractivity contribution in [2.45, 2.75) is 37.5 Å². The highest BCUT2D eigenvalue weighted by Crippen LogP contribution is 2.29. The van der Waals surface area contributed by atoms with E-state index in [1.165, 1.54) is 12.1 Å². The number of hydrogen-bond acceptors (Lipinski definition) is 3. The van der Waals surface area contributed by atoms with E-state index in [0.29, 0.717) is 11.1 Å². The van der Waals surface area contributed by atoms with Crippen LogP contribution in [0.2, 0.25) is 0 Å². The van der Waals surface area contributed by atoms with E-state index in [1.807, 2.05) is 0 Å². The van der Waals surface area contributed by atoms with Crippen molar-refractivity contribution in [2.24, 2.45) is 0 Å². The summed E-state index contributed by atoms with van der Waals surface area (Å²) in [5.74, 6) is -1.97. The molecule has 1 heterocycles. The molecule has 0 radical (unpaired) electrons. The molecule has 0 fully saturated rings. The average molecular weight is 385 g/mol. The van der Waals surface area contributed by atoms with Crippen LogP contribution in [0.3, 0.4) is 0 Å². The number of halogens is 6. The second kappa shape index (κ2) is 6.87. The lowest BCUT2D eigenvalue weighted by Crippen LogP contribution is -2.17. The summed E-state index contributed by atoms with van der Waals surface area (Å²) in [6, 6.07) is 2.82. The lowest BCUT2D eigenvalue weighted by molar-refractivity contribution is -0.144. The van der Waals surface area contributed by atoms with Gasteiger partial charge in [0.15, 0.2) is 4.90 Å². The predicted octanol–water partition coefficient (Wildman–Crippen LogP) is 3.96. The molecule has 2 aromatic rings. The summed E-state index contributed by atoms with van der Waals surface area (Å²) in [5, 5.41) is 3.33. The van der Waals surface area contributed by atoms with E-state index in [2.05, 4.69) is 10.1 Å². The molecule has 25 heavy (non-hydrogen) atoms. The second-order valence-corrected chi connectivity index (χ2v) is 6.87. The fourth-order valence-corrected chi connectivity index (χ4v) is 3.44. The van der Waals surface area contributed by atoms with Crippen molar-refractivity contribution >= 4 is 11.2 Å². The number of nitrogens with zero attached hydrogens (tertiary/aromatic N) is 3. The maximum Gasteiger partial charge on any atom is 0.453 e. The molecule has 0 saturated heterocycles. The van der Waals surface area contributed by atoms with Gasteiger partial charge in [-0.3, -0.25) is 0 Å². The number of aryl methyl sites for hydroxylation is 2. The quantitative estimate of drug-likeness (QED) is 0.591. The first-order chi connectivity index (χ1) is 11.4. The Balaban J connectivity index is 2.36. The van der Waals surface area contributed by atoms with Gasteiger partial charge in [0.05, 0.1) is 12.1 Å². The summed E-state index contributed by atoms with van der Waals surface area (Å²) >= 11 is -1.95. The molecule has 138 valence electrons. The normalized spacial score (nSPS) is 14.0. The molecule has 1 aromatic carbocycles. The summed E-state index contributed by atoms with van der Waals surface area (Å²) < 4.78 is 87.7. The third-order valence-corrected chi connectivity index (χ3v) is 4.81. The van der Waals surface area contributed by atoms with Crippen LogP contribution in [0.1, 0.15) is 23.4 Å². The highest BCUT2D eigenvalue weighted by molar-refractivity contribution is 7.91. The summed E-state index contributed by atoms with van der Waals surface area (Å²) in [6.07, 6.45) is -9.53. The van der Waals surface area contributed by atoms with Crippen LogP contribution in [0.25, 0.3) is 5.69 Å². The smallest absolute Gasteiger partial charge is 0.453 e. The fraction of sp³-hybridized carbons (Fsp3) is 0.429. The molecule has 0 aliphatic carbocycles. The molecule has 1 atom stereocenters. The van der Waals surface area contributed by atoms with Gasteiger partial charge in [0.25, 0.3) is 5.82 Å². The largest absolute Gasteiger partial charge is 0.611 e. The minimum atomic E-state index is -4.72. The van der Waals surface area contributed by atoms with E-state index in [9.17, 15) is 30.9 Å². The van der Waals surface area contributed by atoms with Gasteiger partial charge in [-0.2, -0.15) is 26.3 Å². The lowest BCUT2D eigenvalue weighted by atomic mass is 10.1. The summed E-state index contributed by atoms with van der Waals surface area (Å²) in [4.78, 5) is 3.29. The van der Waals surface area contributed by atoms with Crippen molar-refractivity contribution in [3.63, 3.8) is 0 Å². The van der Waals surface area contributed by atoms with Crippen molar-refractivity contribution in [1.29, 1.82) is 0 Å². The van der Waals surface area contributed by atoms with Gasteiger partial charge in [0.2, 0.25) is 0 Å². The molecule has 0 saturated carbocycles. The van der Waals surface area contributed by atoms with Gasteiger partial charge >= 0.3 is 12.4 Å². The predicted molar refractivity (Wildman–Crippen MR) is 77.8 cm³/mol. The molecule has 0 amide bonds. The zero-order chi connectivity index (χ0) is 19.0. The van der Waals surface area contributed by atoms with E-state index in [4.69, 9.17) is 0 Å². The molecule has 0 bridgehead atoms. The van der Waals surface area contributed by atoms with Gasteiger partial charge in [-0.05, 0) is 36.7 Å². The Bertz CT molecular complexity index is 756. The summed E-state index contributed by atoms with van der Waals surface area (Å²) in [5.41, 5.74) is 1.18. The van der Waals surface area contributed by atoms with E-state index in [1.54, 1.807) is 13.8 Å². The van der Waals surface area contributed by atoms with Crippen molar-refractivity contribution < 1.29 is 30.9 Å². The number of rotatable bonds is 4. The van der Waals surface area contributed by atoms with E-state index >= 15 is 0 Å². The van der Waals surface area contributed by atoms with Crippen LogP contribution < -0.4 is 0 Å². The number of benzene rings is 1. The molecular formula is C14H13F6N3OS. The van der Waals surface area contributed by atoms with Crippen molar-refractivity contribution in [3.8, 4) is 5.69 Å². The van der Waals surface area contributed by atoms with Gasteiger partial charge in [-0.25, -0.2) is 9.67 Å². The molecule has 0 spiro atoms. The first-order valence-electron chi connectivity index (χ1n) is 6.94. The van der Waals surface area contributed by atoms with Crippen LogP contribution in [0.5, 0.6) is 0 Å². The Morgan fingerprint density at radius 3 is 2.24 bits per heavy atom. The third kappa shape index (κ3) is 4.88. The van der Waals surface area contributed by atoms with E-state index in [0.717, 1.165) is 11.0 Å². The minimum absolute atomic E-state index is 0.119. The Kier molecular flexibility index (Phi) is 5.38. The van der Waals surface area contributed by atoms with Crippen LogP contribution in [-0.2, 0) is 17.4 Å². The van der Waals surface area contributed by atoms with Crippen LogP contribution >= 0.6 is 0 Å². The maximum atomic E-state index is 12.6. The maximum absolute atomic E-state index is 12.6. The molecule has 11 heteroatoms. The Morgan fingerprint density at radius 1 is 1.08 bits per heavy atom. The summed E-state index contributed by atoms with van der Waals surface area (Å²) in [6.45, 7) is 3.17. The fourth-order valence-electron chi connectivity index (χ4n) is 2.14. The Labute approximate surface area is 142 Å². The van der Waals surface area contributed by atoms with Crippen LogP contribution in [0.4, 0.5) is 26.3 Å². The molecular weight excluding hydrogens is 372 g/mol. The highest BCUT2D eigenvalue weighted by Gasteiger charge is 2.36. The van der Waals surface area contributed by atoms with Crippen LogP contribution in [-0.4, -0.2) is 31.2 Å². The molecule has 1 unspecified atom stereocenters. The van der Waals surface area contributed by atoms with Gasteiger partial charge in [-0.15, -0.1) is 5.10 Å². The topological polar surface area (TPSA) is 53.8 Å². The molecule has 0 aliphatic rings. The molecule has 0 aliphatic heterocycles. The standard InChI is InChI=1S/C14H13F6N3OS/c1-8-5-9(2)11(25(24)4-3-13(15,16)17)6-10(8)23-7-21-12(22-23)14(18,19)20/h5-7H,3-4H2,1-2H3. The van der Waals surface area contributed by atoms with Gasteiger partial charge in [0, 0.05) is 11.6 Å². The van der Waals surface area contributed by atoms with E-state index < -0.39 is 41.5 Å². The lowest BCUT2D eigenvalue weighted by Gasteiger charge is -2.16. The van der Waals surface area contributed by atoms with Crippen molar-refractivity contribution in [3.05, 3.63) is 35.4 Å². The zero-order valence-corrected chi connectivity index (χ0v) is 13.9. The Hall–Kier alpha value is -1.75. The number of aromatic nitrogens is 3. The van der Waals surface area contributed by atoms with Gasteiger partial charge < -0.3 is 4.55 Å². The number of hydrogen-bond donors (Lipinski definition) is 0. The summed E-state index contributed by atoms with van der Waals surface area (Å²) in [7, 11) is 0. The van der Waals surface area contributed by atoms with Gasteiger partial charge in [0.1, 0.15) is 12.1 Å². The average Bonchev–Trinajstić information content (AvgIpc) is 2.93. The van der Waals surface area contributed by atoms with Crippen molar-refractivity contribution in [1.82, 2.24) is 14.8 Å². The first kappa shape index (κ1) is 19.6. The number of alkyl halides is 6. The molecule has 0 N–H and O–H groups in total. The second-order valence-electron chi connectivity index (χ2n) is 5.33. The third-order valence-electron chi connectivity index (χ3n) is 3.30. The van der Waals surface area contributed by atoms with Crippen LogP contribution in [0.15, 0.2) is 23.4 Å². The molecule has 4 nitrogen and oxygen atoms in total. The van der Waals surface area contributed by atoms with Crippen molar-refractivity contribution in [2.75, 3.05) is 5.75 Å².